The number of carbonyl (C=O) groups is 3. The van der Waals surface area contributed by atoms with Gasteiger partial charge in [0.25, 0.3) is 0 Å². The van der Waals surface area contributed by atoms with E-state index in [1.165, 1.54) is 7.11 Å². The molecule has 2 aliphatic rings. The number of aromatic amines is 2. The molecule has 0 unspecified atom stereocenters. The second kappa shape index (κ2) is 33.4. The van der Waals surface area contributed by atoms with E-state index < -0.39 is 73.9 Å². The number of aliphatic hydroxyl groups excluding tert-OH is 3. The average molecular weight is 1230 g/mol. The molecule has 0 bridgehead atoms. The molecule has 0 radical (unpaired) electrons. The van der Waals surface area contributed by atoms with Crippen molar-refractivity contribution in [2.45, 2.75) is 181 Å². The molecule has 20 heteroatoms. The zero-order valence-corrected chi connectivity index (χ0v) is 48.8. The van der Waals surface area contributed by atoms with Gasteiger partial charge in [-0.05, 0) is 90.2 Å². The predicted molar refractivity (Wildman–Crippen MR) is 308 cm³/mol. The normalized spacial score (nSPS) is 22.4. The van der Waals surface area contributed by atoms with Gasteiger partial charge < -0.3 is 48.5 Å². The number of ether oxygens (including phenoxy) is 7. The number of esters is 3. The molecule has 3 aromatic carbocycles. The highest BCUT2D eigenvalue weighted by molar-refractivity contribution is 14.1. The summed E-state index contributed by atoms with van der Waals surface area (Å²) in [6, 6.07) is 24.8. The van der Waals surface area contributed by atoms with Crippen LogP contribution in [0.4, 0.5) is 8.78 Å². The lowest BCUT2D eigenvalue weighted by atomic mass is 9.90. The Balaban J connectivity index is 0.000000338. The first-order valence-corrected chi connectivity index (χ1v) is 29.2. The smallest absolute Gasteiger partial charge is 0.338 e. The van der Waals surface area contributed by atoms with Crippen LogP contribution in [-0.2, 0) is 59.0 Å². The van der Waals surface area contributed by atoms with E-state index in [-0.39, 0.29) is 37.1 Å². The summed E-state index contributed by atoms with van der Waals surface area (Å²) in [5.74, 6) is -0.864. The van der Waals surface area contributed by atoms with Crippen molar-refractivity contribution in [2.24, 2.45) is 5.92 Å². The summed E-state index contributed by atoms with van der Waals surface area (Å²) >= 11 is 2.15. The Morgan fingerprint density at radius 2 is 1.16 bits per heavy atom. The van der Waals surface area contributed by atoms with Crippen LogP contribution in [0.3, 0.4) is 0 Å². The summed E-state index contributed by atoms with van der Waals surface area (Å²) in [5, 5.41) is 44.3. The zero-order chi connectivity index (χ0) is 57.8. The number of methoxy groups -OCH3 is 1. The van der Waals surface area contributed by atoms with Gasteiger partial charge in [0.1, 0.15) is 24.5 Å². The van der Waals surface area contributed by atoms with Crippen LogP contribution in [0.1, 0.15) is 155 Å². The number of aromatic nitrogens is 4. The third-order valence-corrected chi connectivity index (χ3v) is 13.8. The van der Waals surface area contributed by atoms with Gasteiger partial charge in [-0.3, -0.25) is 19.8 Å². The van der Waals surface area contributed by atoms with Crippen molar-refractivity contribution >= 4 is 40.5 Å². The summed E-state index contributed by atoms with van der Waals surface area (Å²) in [6.45, 7) is 13.2. The Morgan fingerprint density at radius 1 is 0.688 bits per heavy atom. The Morgan fingerprint density at radius 3 is 1.62 bits per heavy atom. The van der Waals surface area contributed by atoms with Gasteiger partial charge in [0, 0.05) is 54.1 Å². The summed E-state index contributed by atoms with van der Waals surface area (Å²) < 4.78 is 68.4. The average Bonchev–Trinajstić information content (AvgIpc) is 4.15. The van der Waals surface area contributed by atoms with Gasteiger partial charge in [0.05, 0.1) is 32.0 Å². The van der Waals surface area contributed by atoms with Crippen LogP contribution in [-0.4, -0.2) is 134 Å². The molecule has 5 aromatic rings. The second-order valence-electron chi connectivity index (χ2n) is 20.1. The molecule has 7 rings (SSSR count). The van der Waals surface area contributed by atoms with Gasteiger partial charge in [0.2, 0.25) is 24.3 Å². The fourth-order valence-electron chi connectivity index (χ4n) is 9.27. The minimum atomic E-state index is -1.93. The van der Waals surface area contributed by atoms with Crippen LogP contribution >= 0.6 is 22.6 Å². The summed E-state index contributed by atoms with van der Waals surface area (Å²) in [5.41, 5.74) is 8.04. The molecule has 2 aromatic heterocycles. The number of H-pyrrole nitrogens is 2. The fourth-order valence-corrected chi connectivity index (χ4v) is 9.27. The summed E-state index contributed by atoms with van der Waals surface area (Å²) in [7, 11) is 1.38. The van der Waals surface area contributed by atoms with Crippen LogP contribution in [0.15, 0.2) is 78.9 Å². The lowest BCUT2D eigenvalue weighted by molar-refractivity contribution is -0.265. The van der Waals surface area contributed by atoms with Crippen molar-refractivity contribution in [1.29, 1.82) is 0 Å². The number of rotatable bonds is 23. The lowest BCUT2D eigenvalue weighted by Crippen LogP contribution is -2.58. The van der Waals surface area contributed by atoms with Gasteiger partial charge in [-0.25, -0.2) is 13.6 Å². The maximum atomic E-state index is 15.3. The third-order valence-electron chi connectivity index (χ3n) is 13.8. The van der Waals surface area contributed by atoms with E-state index in [1.54, 1.807) is 38.1 Å². The molecule has 442 valence electrons. The molecule has 10 atom stereocenters. The number of hydrogen-bond acceptors (Lipinski definition) is 15. The van der Waals surface area contributed by atoms with Crippen molar-refractivity contribution in [3.63, 3.8) is 0 Å². The van der Waals surface area contributed by atoms with Crippen molar-refractivity contribution in [3.8, 4) is 11.8 Å². The number of alkyl halides is 3. The van der Waals surface area contributed by atoms with Crippen molar-refractivity contribution < 1.29 is 71.6 Å². The molecule has 17 nitrogen and oxygen atoms in total. The molecule has 2 aliphatic heterocycles. The van der Waals surface area contributed by atoms with E-state index in [2.05, 4.69) is 85.8 Å². The topological polar surface area (TPSA) is 234 Å². The van der Waals surface area contributed by atoms with Gasteiger partial charge in [-0.2, -0.15) is 0 Å². The number of hydrogen-bond donors (Lipinski definition) is 5. The first kappa shape index (κ1) is 67.0. The first-order valence-electron chi connectivity index (χ1n) is 27.0. The van der Waals surface area contributed by atoms with E-state index in [1.807, 2.05) is 56.0 Å². The van der Waals surface area contributed by atoms with Gasteiger partial charge in [-0.15, -0.1) is 10.2 Å². The van der Waals surface area contributed by atoms with Gasteiger partial charge in [0.15, 0.2) is 12.3 Å². The number of halogens is 3. The minimum absolute atomic E-state index is 0. The van der Waals surface area contributed by atoms with Gasteiger partial charge >= 0.3 is 17.9 Å². The Kier molecular flexibility index (Phi) is 28.0. The molecule has 80 heavy (non-hydrogen) atoms. The number of nitrogens with zero attached hydrogens (tertiary/aromatic N) is 2. The van der Waals surface area contributed by atoms with E-state index in [9.17, 15) is 34.1 Å². The third kappa shape index (κ3) is 18.5. The highest BCUT2D eigenvalue weighted by Gasteiger charge is 2.48. The van der Waals surface area contributed by atoms with Crippen molar-refractivity contribution in [2.75, 3.05) is 25.3 Å². The maximum Gasteiger partial charge on any atom is 0.338 e. The second-order valence-corrected chi connectivity index (χ2v) is 20.1. The number of nitrogens with one attached hydrogen (secondary N) is 2. The molecule has 0 saturated carbocycles. The number of benzene rings is 3. The van der Waals surface area contributed by atoms with Crippen LogP contribution in [0.2, 0.25) is 0 Å². The molecular weight excluding hydrogens is 1150 g/mol. The van der Waals surface area contributed by atoms with E-state index in [0.29, 0.717) is 56.6 Å². The Bertz CT molecular complexity index is 2620. The van der Waals surface area contributed by atoms with Crippen LogP contribution in [0.5, 0.6) is 11.8 Å². The molecular formula is C60H83F2IN4O13. The monoisotopic (exact) mass is 1230 g/mol. The predicted octanol–water partition coefficient (Wildman–Crippen LogP) is 10.2. The maximum absolute atomic E-state index is 15.3. The van der Waals surface area contributed by atoms with Gasteiger partial charge in [-0.1, -0.05) is 138 Å². The summed E-state index contributed by atoms with van der Waals surface area (Å²) in [6.07, 6.45) is -6.88. The van der Waals surface area contributed by atoms with Crippen molar-refractivity contribution in [1.82, 2.24) is 20.4 Å². The van der Waals surface area contributed by atoms with Crippen LogP contribution < -0.4 is 9.47 Å². The molecule has 5 N–H and O–H groups in total. The Labute approximate surface area is 483 Å². The zero-order valence-electron chi connectivity index (χ0n) is 46.7. The first-order chi connectivity index (χ1) is 38.0. The lowest BCUT2D eigenvalue weighted by Gasteiger charge is -2.41. The highest BCUT2D eigenvalue weighted by atomic mass is 127. The largest absolute Gasteiger partial charge is 0.469 e. The molecule has 0 spiro atoms. The molecule has 2 saturated heterocycles. The fraction of sp³-hybridized carbons (Fsp3) is 0.550. The highest BCUT2D eigenvalue weighted by Crippen LogP contribution is 2.37. The standard InChI is InChI=1S/C34H43FN2O6.C24H33FN2O7.CH3I.CH4/c1-6-27-29(35)22(5)31(42-33(39)25-13-9-8-10-14-25)34(41-27)43-32-26(30(21(3)4)36-37-32)20-24-18-16-23(17-19-24)12-11-15-28(38)40-7-2;1-13(2)20-16(11-15-9-7-14(8-10-15)5-4-6-18(29)32-3)23(27-26-20)34-24-22(31)21(30)19(25)17(12-28)33-24;1-2;/h8-10,13-14,16-19,21-22,27,29,31,34H,6-7,11-12,15,20H2,1-5H3,(H,36,37);7-10,13,17,19,21-22,24,28,30-31H,4-6,11-12H2,1-3H3,(H,26,27);1H3;1H4/t22-,27+,29-,31+,34-;17-,19-,21+,22-,24+;;/m01../s1. The molecule has 0 aliphatic carbocycles. The molecule has 2 fully saturated rings. The summed E-state index contributed by atoms with van der Waals surface area (Å²) in [4.78, 5) is 37.9. The number of carbonyl (C=O) groups excluding carboxylic acids is 3. The Hall–Kier alpha value is -5.52. The minimum Gasteiger partial charge on any atom is -0.469 e. The number of aryl methyl sites for hydroxylation is 2. The van der Waals surface area contributed by atoms with E-state index in [0.717, 1.165) is 64.0 Å². The van der Waals surface area contributed by atoms with Crippen LogP contribution in [0.25, 0.3) is 0 Å². The van der Waals surface area contributed by atoms with E-state index in [4.69, 9.17) is 28.4 Å². The molecule has 4 heterocycles. The van der Waals surface area contributed by atoms with E-state index >= 15 is 4.39 Å². The quantitative estimate of drug-likeness (QED) is 0.0177. The van der Waals surface area contributed by atoms with Crippen molar-refractivity contribution in [3.05, 3.63) is 129 Å². The number of aliphatic hydroxyl groups is 3. The SMILES string of the molecule is C.CCOC(=O)CCCc1ccc(Cc2c(O[C@@H]3O[C@H](CC)[C@@H](F)[C@H](C)[C@H]3OC(=O)c3ccccc3)n[nH]c2C(C)C)cc1.CI.COC(=O)CCCc1ccc(Cc2c(O[C@@H]3O[C@H](CO)[C@@H](F)[C@H](O)[C@H]3O)n[nH]c2C(C)C)cc1. The van der Waals surface area contributed by atoms with Crippen LogP contribution in [0, 0.1) is 5.92 Å². The molecule has 0 amide bonds.